The Morgan fingerprint density at radius 1 is 0.884 bits per heavy atom. The molecular formula is C31H61N4O7P. The van der Waals surface area contributed by atoms with Gasteiger partial charge in [0.25, 0.3) is 0 Å². The van der Waals surface area contributed by atoms with E-state index in [0.717, 1.165) is 38.9 Å². The number of phosphoric acid groups is 1. The van der Waals surface area contributed by atoms with Gasteiger partial charge in [0.05, 0.1) is 31.5 Å². The zero-order valence-electron chi connectivity index (χ0n) is 27.9. The van der Waals surface area contributed by atoms with Gasteiger partial charge in [-0.25, -0.2) is 4.57 Å². The highest BCUT2D eigenvalue weighted by Crippen LogP contribution is 2.47. The fourth-order valence-electron chi connectivity index (χ4n) is 5.80. The van der Waals surface area contributed by atoms with E-state index in [1.807, 2.05) is 20.8 Å². The lowest BCUT2D eigenvalue weighted by atomic mass is 10.1. The average Bonchev–Trinajstić information content (AvgIpc) is 3.48. The van der Waals surface area contributed by atoms with Crippen LogP contribution in [0.4, 0.5) is 0 Å². The van der Waals surface area contributed by atoms with Gasteiger partial charge in [0.1, 0.15) is 5.78 Å². The number of hydrogen-bond acceptors (Lipinski definition) is 9. The number of nitrogens with zero attached hydrogens (tertiary/aromatic N) is 2. The normalized spacial score (nSPS) is 24.5. The van der Waals surface area contributed by atoms with E-state index in [0.29, 0.717) is 51.0 Å². The molecule has 0 aromatic carbocycles. The standard InChI is InChI=1S/C31H61N4O7P/c1-23(2)32-14-8-9-16-34-20-30(18-27(34)21-40-25(5)6)42-43(38,39)41-22-28-17-26(7)19-35(28)31(37)13-12-29(36)11-10-15-33-24(3)4/h23-28,30,32-33H,8-22H2,1-7H3,(H,38,39)/t26-,27+,28+,30-/m1/s1. The van der Waals surface area contributed by atoms with Crippen LogP contribution in [0.2, 0.25) is 0 Å². The molecule has 2 heterocycles. The first-order chi connectivity index (χ1) is 20.3. The third kappa shape index (κ3) is 15.8. The summed E-state index contributed by atoms with van der Waals surface area (Å²) in [6.07, 6.45) is 4.60. The Morgan fingerprint density at radius 2 is 1.56 bits per heavy atom. The Kier molecular flexibility index (Phi) is 17.4. The Bertz CT molecular complexity index is 875. The van der Waals surface area contributed by atoms with Crippen LogP contribution < -0.4 is 10.6 Å². The molecular weight excluding hydrogens is 571 g/mol. The van der Waals surface area contributed by atoms with Crippen LogP contribution >= 0.6 is 7.82 Å². The summed E-state index contributed by atoms with van der Waals surface area (Å²) in [7, 11) is -4.34. The van der Waals surface area contributed by atoms with Crippen molar-refractivity contribution in [3.05, 3.63) is 0 Å². The van der Waals surface area contributed by atoms with Gasteiger partial charge in [-0.2, -0.15) is 0 Å². The summed E-state index contributed by atoms with van der Waals surface area (Å²) in [6.45, 7) is 18.7. The molecule has 252 valence electrons. The number of likely N-dealkylation sites (tertiary alicyclic amines) is 2. The van der Waals surface area contributed by atoms with E-state index < -0.39 is 13.9 Å². The van der Waals surface area contributed by atoms with Gasteiger partial charge in [-0.1, -0.05) is 34.6 Å². The highest BCUT2D eigenvalue weighted by Gasteiger charge is 2.39. The minimum absolute atomic E-state index is 0.0716. The van der Waals surface area contributed by atoms with Crippen molar-refractivity contribution >= 4 is 19.5 Å². The monoisotopic (exact) mass is 632 g/mol. The van der Waals surface area contributed by atoms with Gasteiger partial charge >= 0.3 is 7.82 Å². The number of carbonyl (C=O) groups is 2. The van der Waals surface area contributed by atoms with Crippen molar-refractivity contribution in [2.24, 2.45) is 5.92 Å². The molecule has 5 atom stereocenters. The first kappa shape index (κ1) is 38.3. The van der Waals surface area contributed by atoms with E-state index in [4.69, 9.17) is 13.8 Å². The van der Waals surface area contributed by atoms with Crippen LogP contribution in [0.25, 0.3) is 0 Å². The third-order valence-corrected chi connectivity index (χ3v) is 9.04. The number of ether oxygens (including phenoxy) is 1. The molecule has 1 unspecified atom stereocenters. The molecule has 0 aliphatic carbocycles. The van der Waals surface area contributed by atoms with Crippen LogP contribution in [-0.4, -0.2) is 109 Å². The highest BCUT2D eigenvalue weighted by molar-refractivity contribution is 7.47. The predicted octanol–water partition coefficient (Wildman–Crippen LogP) is 4.13. The molecule has 0 radical (unpaired) electrons. The minimum atomic E-state index is -4.34. The topological polar surface area (TPSA) is 130 Å². The molecule has 2 aliphatic heterocycles. The zero-order valence-corrected chi connectivity index (χ0v) is 28.8. The third-order valence-electron chi connectivity index (χ3n) is 8.00. The fourth-order valence-corrected chi connectivity index (χ4v) is 6.75. The van der Waals surface area contributed by atoms with Crippen molar-refractivity contribution in [3.8, 4) is 0 Å². The highest BCUT2D eigenvalue weighted by atomic mass is 31.2. The number of unbranched alkanes of at least 4 members (excludes halogenated alkanes) is 1. The van der Waals surface area contributed by atoms with Crippen LogP contribution in [0.1, 0.15) is 99.8 Å². The summed E-state index contributed by atoms with van der Waals surface area (Å²) in [5, 5.41) is 6.73. The van der Waals surface area contributed by atoms with Crippen molar-refractivity contribution in [1.29, 1.82) is 0 Å². The maximum absolute atomic E-state index is 13.0. The van der Waals surface area contributed by atoms with Gasteiger partial charge in [0, 0.05) is 50.5 Å². The molecule has 2 fully saturated rings. The molecule has 2 aliphatic rings. The Labute approximate surface area is 260 Å². The first-order valence-electron chi connectivity index (χ1n) is 16.5. The summed E-state index contributed by atoms with van der Waals surface area (Å²) >= 11 is 0. The second-order valence-corrected chi connectivity index (χ2v) is 14.8. The van der Waals surface area contributed by atoms with E-state index in [9.17, 15) is 19.0 Å². The lowest BCUT2D eigenvalue weighted by molar-refractivity contribution is -0.134. The molecule has 11 nitrogen and oxygen atoms in total. The quantitative estimate of drug-likeness (QED) is 0.118. The van der Waals surface area contributed by atoms with Crippen molar-refractivity contribution in [2.45, 2.75) is 136 Å². The van der Waals surface area contributed by atoms with Crippen LogP contribution in [0, 0.1) is 5.92 Å². The maximum atomic E-state index is 13.0. The number of phosphoric ester groups is 1. The SMILES string of the molecule is CC(C)NCCCCN1C[C@H](OP(=O)(O)OC[C@@H]2C[C@@H](C)CN2C(=O)CCC(=O)CCCNC(C)C)C[C@H]1COC(C)C. The second kappa shape index (κ2) is 19.6. The average molecular weight is 633 g/mol. The summed E-state index contributed by atoms with van der Waals surface area (Å²) in [4.78, 5) is 39.9. The lowest BCUT2D eigenvalue weighted by Gasteiger charge is -2.26. The number of rotatable bonds is 22. The van der Waals surface area contributed by atoms with Crippen molar-refractivity contribution in [3.63, 3.8) is 0 Å². The van der Waals surface area contributed by atoms with Gasteiger partial charge in [0.15, 0.2) is 0 Å². The molecule has 3 N–H and O–H groups in total. The second-order valence-electron chi connectivity index (χ2n) is 13.4. The predicted molar refractivity (Wildman–Crippen MR) is 170 cm³/mol. The van der Waals surface area contributed by atoms with E-state index >= 15 is 0 Å². The molecule has 12 heteroatoms. The van der Waals surface area contributed by atoms with E-state index in [1.165, 1.54) is 0 Å². The maximum Gasteiger partial charge on any atom is 0.472 e. The summed E-state index contributed by atoms with van der Waals surface area (Å²) in [5.41, 5.74) is 0. The van der Waals surface area contributed by atoms with E-state index in [1.54, 1.807) is 4.90 Å². The summed E-state index contributed by atoms with van der Waals surface area (Å²) < 4.78 is 30.1. The van der Waals surface area contributed by atoms with Crippen LogP contribution in [0.5, 0.6) is 0 Å². The number of hydrogen-bond donors (Lipinski definition) is 3. The van der Waals surface area contributed by atoms with E-state index in [-0.39, 0.29) is 55.2 Å². The van der Waals surface area contributed by atoms with Gasteiger partial charge in [-0.15, -0.1) is 0 Å². The summed E-state index contributed by atoms with van der Waals surface area (Å²) in [6, 6.07) is 0.644. The Morgan fingerprint density at radius 3 is 2.21 bits per heavy atom. The molecule has 0 aromatic rings. The molecule has 43 heavy (non-hydrogen) atoms. The van der Waals surface area contributed by atoms with Crippen LogP contribution in [0.15, 0.2) is 0 Å². The number of carbonyl (C=O) groups excluding carboxylic acids is 2. The van der Waals surface area contributed by atoms with Crippen molar-refractivity contribution in [1.82, 2.24) is 20.4 Å². The first-order valence-corrected chi connectivity index (χ1v) is 18.0. The van der Waals surface area contributed by atoms with Gasteiger partial charge < -0.3 is 25.2 Å². The number of amides is 1. The molecule has 1 amide bonds. The zero-order chi connectivity index (χ0) is 32.0. The van der Waals surface area contributed by atoms with Gasteiger partial charge in [-0.05, 0) is 71.5 Å². The van der Waals surface area contributed by atoms with Crippen molar-refractivity contribution in [2.75, 3.05) is 45.9 Å². The van der Waals surface area contributed by atoms with Crippen molar-refractivity contribution < 1.29 is 32.8 Å². The van der Waals surface area contributed by atoms with Crippen LogP contribution in [0.3, 0.4) is 0 Å². The minimum Gasteiger partial charge on any atom is -0.377 e. The van der Waals surface area contributed by atoms with E-state index in [2.05, 4.69) is 43.2 Å². The Balaban J connectivity index is 1.83. The molecule has 0 saturated carbocycles. The number of nitrogens with one attached hydrogen (secondary N) is 2. The lowest BCUT2D eigenvalue weighted by Crippen LogP contribution is -2.38. The van der Waals surface area contributed by atoms with Gasteiger partial charge in [-0.3, -0.25) is 23.5 Å². The molecule has 0 aromatic heterocycles. The largest absolute Gasteiger partial charge is 0.472 e. The molecule has 2 saturated heterocycles. The number of ketones is 1. The Hall–Kier alpha value is -0.910. The molecule has 2 rings (SSSR count). The summed E-state index contributed by atoms with van der Waals surface area (Å²) in [5.74, 6) is 0.223. The molecule has 0 bridgehead atoms. The smallest absolute Gasteiger partial charge is 0.377 e. The fraction of sp³-hybridized carbons (Fsp3) is 0.935. The number of Topliss-reactive ketones (excluding diaryl/α,β-unsaturated/α-hetero) is 1. The molecule has 0 spiro atoms. The van der Waals surface area contributed by atoms with Crippen LogP contribution in [-0.2, 0) is 27.9 Å². The van der Waals surface area contributed by atoms with Gasteiger partial charge in [0.2, 0.25) is 5.91 Å².